The van der Waals surface area contributed by atoms with Crippen LogP contribution in [-0.4, -0.2) is 30.1 Å². The molecular formula is C18H30N2. The zero-order chi connectivity index (χ0) is 14.6. The van der Waals surface area contributed by atoms with Crippen molar-refractivity contribution in [1.29, 1.82) is 0 Å². The van der Waals surface area contributed by atoms with E-state index in [9.17, 15) is 0 Å². The molecule has 2 rings (SSSR count). The fourth-order valence-corrected chi connectivity index (χ4v) is 3.36. The first-order valence-electron chi connectivity index (χ1n) is 8.17. The molecule has 0 amide bonds. The minimum absolute atomic E-state index is 0.0783. The minimum Gasteiger partial charge on any atom is -0.305 e. The Hall–Kier alpha value is -0.860. The first kappa shape index (κ1) is 15.5. The molecule has 112 valence electrons. The molecule has 3 atom stereocenters. The molecule has 1 fully saturated rings. The third-order valence-electron chi connectivity index (χ3n) is 4.89. The average Bonchev–Trinajstić information content (AvgIpc) is 2.49. The van der Waals surface area contributed by atoms with Gasteiger partial charge in [0.2, 0.25) is 0 Å². The van der Waals surface area contributed by atoms with E-state index in [-0.39, 0.29) is 5.54 Å². The maximum absolute atomic E-state index is 3.81. The fraction of sp³-hybridized carbons (Fsp3) is 0.667. The van der Waals surface area contributed by atoms with E-state index in [1.54, 1.807) is 0 Å². The van der Waals surface area contributed by atoms with Gasteiger partial charge >= 0.3 is 0 Å². The Morgan fingerprint density at radius 1 is 1.30 bits per heavy atom. The highest BCUT2D eigenvalue weighted by molar-refractivity contribution is 5.25. The molecule has 20 heavy (non-hydrogen) atoms. The van der Waals surface area contributed by atoms with Crippen LogP contribution in [0.1, 0.15) is 52.5 Å². The van der Waals surface area contributed by atoms with E-state index in [4.69, 9.17) is 0 Å². The standard InChI is InChI=1S/C18H30N2/c1-5-10-17-13-19-18(4,14-20(17)15(3)6-2)16-11-8-7-9-12-16/h7-9,11-12,15,17,19H,5-6,10,13-14H2,1-4H3. The fourth-order valence-electron chi connectivity index (χ4n) is 3.36. The lowest BCUT2D eigenvalue weighted by atomic mass is 9.86. The molecular weight excluding hydrogens is 244 g/mol. The van der Waals surface area contributed by atoms with Crippen molar-refractivity contribution in [3.05, 3.63) is 35.9 Å². The molecule has 1 aromatic carbocycles. The first-order chi connectivity index (χ1) is 9.60. The second-order valence-electron chi connectivity index (χ2n) is 6.45. The predicted molar refractivity (Wildman–Crippen MR) is 87.0 cm³/mol. The van der Waals surface area contributed by atoms with Crippen LogP contribution in [0.5, 0.6) is 0 Å². The van der Waals surface area contributed by atoms with E-state index in [0.717, 1.165) is 13.1 Å². The molecule has 1 saturated heterocycles. The van der Waals surface area contributed by atoms with Gasteiger partial charge in [-0.3, -0.25) is 4.90 Å². The van der Waals surface area contributed by atoms with Crippen LogP contribution in [0.25, 0.3) is 0 Å². The normalized spacial score (nSPS) is 29.3. The van der Waals surface area contributed by atoms with Crippen molar-refractivity contribution in [3.63, 3.8) is 0 Å². The molecule has 0 bridgehead atoms. The van der Waals surface area contributed by atoms with Crippen LogP contribution in [0.4, 0.5) is 0 Å². The van der Waals surface area contributed by atoms with Crippen LogP contribution < -0.4 is 5.32 Å². The van der Waals surface area contributed by atoms with Gasteiger partial charge in [0.15, 0.2) is 0 Å². The molecule has 0 radical (unpaired) electrons. The lowest BCUT2D eigenvalue weighted by Crippen LogP contribution is -2.63. The lowest BCUT2D eigenvalue weighted by molar-refractivity contribution is 0.0462. The summed E-state index contributed by atoms with van der Waals surface area (Å²) in [6.45, 7) is 11.5. The molecule has 0 spiro atoms. The van der Waals surface area contributed by atoms with E-state index in [2.05, 4.69) is 68.2 Å². The Labute approximate surface area is 124 Å². The largest absolute Gasteiger partial charge is 0.305 e. The van der Waals surface area contributed by atoms with Crippen LogP contribution in [0, 0.1) is 0 Å². The summed E-state index contributed by atoms with van der Waals surface area (Å²) in [5.74, 6) is 0. The smallest absolute Gasteiger partial charge is 0.0535 e. The molecule has 0 saturated carbocycles. The zero-order valence-electron chi connectivity index (χ0n) is 13.5. The van der Waals surface area contributed by atoms with Crippen LogP contribution >= 0.6 is 0 Å². The predicted octanol–water partition coefficient (Wildman–Crippen LogP) is 3.77. The van der Waals surface area contributed by atoms with E-state index in [1.807, 2.05) is 0 Å². The molecule has 0 aromatic heterocycles. The molecule has 2 nitrogen and oxygen atoms in total. The molecule has 1 heterocycles. The van der Waals surface area contributed by atoms with Gasteiger partial charge in [-0.1, -0.05) is 50.6 Å². The van der Waals surface area contributed by atoms with Crippen LogP contribution in [0.15, 0.2) is 30.3 Å². The van der Waals surface area contributed by atoms with E-state index in [1.165, 1.54) is 24.8 Å². The van der Waals surface area contributed by atoms with Gasteiger partial charge in [-0.05, 0) is 32.3 Å². The van der Waals surface area contributed by atoms with Gasteiger partial charge in [0.1, 0.15) is 0 Å². The summed E-state index contributed by atoms with van der Waals surface area (Å²) >= 11 is 0. The Balaban J connectivity index is 2.19. The van der Waals surface area contributed by atoms with Gasteiger partial charge in [0.05, 0.1) is 5.54 Å². The van der Waals surface area contributed by atoms with E-state index >= 15 is 0 Å². The minimum atomic E-state index is 0.0783. The van der Waals surface area contributed by atoms with Gasteiger partial charge in [-0.25, -0.2) is 0 Å². The first-order valence-corrected chi connectivity index (χ1v) is 8.17. The maximum Gasteiger partial charge on any atom is 0.0535 e. The summed E-state index contributed by atoms with van der Waals surface area (Å²) in [6, 6.07) is 12.2. The van der Waals surface area contributed by atoms with E-state index in [0.29, 0.717) is 12.1 Å². The zero-order valence-corrected chi connectivity index (χ0v) is 13.5. The van der Waals surface area contributed by atoms with Gasteiger partial charge < -0.3 is 5.32 Å². The summed E-state index contributed by atoms with van der Waals surface area (Å²) in [5, 5.41) is 3.81. The maximum atomic E-state index is 3.81. The Morgan fingerprint density at radius 2 is 2.00 bits per heavy atom. The van der Waals surface area contributed by atoms with Gasteiger partial charge in [-0.2, -0.15) is 0 Å². The average molecular weight is 274 g/mol. The molecule has 1 aliphatic heterocycles. The van der Waals surface area contributed by atoms with Crippen molar-refractivity contribution in [2.24, 2.45) is 0 Å². The number of hydrogen-bond acceptors (Lipinski definition) is 2. The highest BCUT2D eigenvalue weighted by Crippen LogP contribution is 2.29. The second-order valence-corrected chi connectivity index (χ2v) is 6.45. The Morgan fingerprint density at radius 3 is 2.60 bits per heavy atom. The molecule has 2 heteroatoms. The Kier molecular flexibility index (Phi) is 5.22. The third kappa shape index (κ3) is 3.24. The highest BCUT2D eigenvalue weighted by atomic mass is 15.3. The number of nitrogens with one attached hydrogen (secondary N) is 1. The van der Waals surface area contributed by atoms with Crippen molar-refractivity contribution >= 4 is 0 Å². The number of hydrogen-bond donors (Lipinski definition) is 1. The monoisotopic (exact) mass is 274 g/mol. The van der Waals surface area contributed by atoms with Gasteiger partial charge in [0, 0.05) is 25.2 Å². The van der Waals surface area contributed by atoms with Crippen molar-refractivity contribution in [2.45, 2.75) is 64.6 Å². The van der Waals surface area contributed by atoms with E-state index < -0.39 is 0 Å². The summed E-state index contributed by atoms with van der Waals surface area (Å²) in [7, 11) is 0. The number of benzene rings is 1. The SMILES string of the molecule is CCCC1CNC(C)(c2ccccc2)CN1C(C)CC. The second kappa shape index (κ2) is 6.73. The number of rotatable bonds is 5. The van der Waals surface area contributed by atoms with Gasteiger partial charge in [0.25, 0.3) is 0 Å². The van der Waals surface area contributed by atoms with Crippen LogP contribution in [-0.2, 0) is 5.54 Å². The van der Waals surface area contributed by atoms with Crippen molar-refractivity contribution < 1.29 is 0 Å². The lowest BCUT2D eigenvalue weighted by Gasteiger charge is -2.49. The quantitative estimate of drug-likeness (QED) is 0.879. The topological polar surface area (TPSA) is 15.3 Å². The molecule has 3 unspecified atom stereocenters. The molecule has 0 aliphatic carbocycles. The molecule has 1 aromatic rings. The summed E-state index contributed by atoms with van der Waals surface area (Å²) in [5.41, 5.74) is 1.48. The number of nitrogens with zero attached hydrogens (tertiary/aromatic N) is 1. The summed E-state index contributed by atoms with van der Waals surface area (Å²) < 4.78 is 0. The summed E-state index contributed by atoms with van der Waals surface area (Å²) in [4.78, 5) is 2.73. The third-order valence-corrected chi connectivity index (χ3v) is 4.89. The van der Waals surface area contributed by atoms with Crippen molar-refractivity contribution in [3.8, 4) is 0 Å². The molecule has 1 aliphatic rings. The van der Waals surface area contributed by atoms with Crippen molar-refractivity contribution in [2.75, 3.05) is 13.1 Å². The van der Waals surface area contributed by atoms with Crippen LogP contribution in [0.3, 0.4) is 0 Å². The highest BCUT2D eigenvalue weighted by Gasteiger charge is 2.37. The summed E-state index contributed by atoms with van der Waals surface area (Å²) in [6.07, 6.45) is 3.79. The number of piperazine rings is 1. The van der Waals surface area contributed by atoms with Crippen LogP contribution in [0.2, 0.25) is 0 Å². The molecule has 1 N–H and O–H groups in total. The van der Waals surface area contributed by atoms with Crippen molar-refractivity contribution in [1.82, 2.24) is 10.2 Å². The Bertz CT molecular complexity index is 403. The van der Waals surface area contributed by atoms with Gasteiger partial charge in [-0.15, -0.1) is 0 Å².